The Morgan fingerprint density at radius 3 is 2.48 bits per heavy atom. The molecule has 0 fully saturated rings. The van der Waals surface area contributed by atoms with Crippen LogP contribution in [0.1, 0.15) is 43.6 Å². The van der Waals surface area contributed by atoms with Crippen molar-refractivity contribution in [3.63, 3.8) is 0 Å². The van der Waals surface area contributed by atoms with Gasteiger partial charge in [0.05, 0.1) is 23.9 Å². The van der Waals surface area contributed by atoms with Crippen LogP contribution < -0.4 is 11.1 Å². The highest BCUT2D eigenvalue weighted by Gasteiger charge is 2.58. The van der Waals surface area contributed by atoms with E-state index in [0.29, 0.717) is 6.07 Å². The first kappa shape index (κ1) is 23.1. The Morgan fingerprint density at radius 2 is 1.87 bits per heavy atom. The van der Waals surface area contributed by atoms with Crippen LogP contribution in [0.4, 0.5) is 37.8 Å². The van der Waals surface area contributed by atoms with Crippen molar-refractivity contribution in [1.82, 2.24) is 15.2 Å². The van der Waals surface area contributed by atoms with Crippen molar-refractivity contribution in [3.05, 3.63) is 17.5 Å². The summed E-state index contributed by atoms with van der Waals surface area (Å²) in [7, 11) is 0. The molecular formula is C17H19F6N5O3. The highest BCUT2D eigenvalue weighted by Crippen LogP contribution is 2.44. The fourth-order valence-electron chi connectivity index (χ4n) is 3.23. The third-order valence-corrected chi connectivity index (χ3v) is 4.96. The van der Waals surface area contributed by atoms with E-state index < -0.39 is 71.6 Å². The van der Waals surface area contributed by atoms with Crippen LogP contribution in [-0.2, 0) is 11.8 Å². The van der Waals surface area contributed by atoms with Crippen molar-refractivity contribution in [1.29, 1.82) is 0 Å². The van der Waals surface area contributed by atoms with Gasteiger partial charge in [-0.15, -0.1) is 10.2 Å². The van der Waals surface area contributed by atoms with E-state index in [4.69, 9.17) is 10.2 Å². The molecule has 0 aromatic carbocycles. The lowest BCUT2D eigenvalue weighted by Crippen LogP contribution is -2.42. The molecule has 0 amide bonds. The number of nitrogens with one attached hydrogen (secondary N) is 1. The maximum absolute atomic E-state index is 13.6. The van der Waals surface area contributed by atoms with Crippen LogP contribution in [-0.4, -0.2) is 44.2 Å². The highest BCUT2D eigenvalue weighted by molar-refractivity contribution is 5.71. The molecule has 3 rings (SSSR count). The van der Waals surface area contributed by atoms with E-state index in [-0.39, 0.29) is 25.7 Å². The molecule has 1 aliphatic heterocycles. The number of nitrogen functional groups attached to an aromatic ring is 1. The van der Waals surface area contributed by atoms with Gasteiger partial charge in [0.2, 0.25) is 5.60 Å². The van der Waals surface area contributed by atoms with Crippen molar-refractivity contribution < 1.29 is 41.0 Å². The zero-order valence-electron chi connectivity index (χ0n) is 15.9. The number of anilines is 2. The molecule has 2 aromatic rings. The zero-order chi connectivity index (χ0) is 23.0. The van der Waals surface area contributed by atoms with Gasteiger partial charge in [0.15, 0.2) is 5.69 Å². The first-order valence-corrected chi connectivity index (χ1v) is 9.25. The summed E-state index contributed by atoms with van der Waals surface area (Å²) in [6.45, 7) is -0.546. The van der Waals surface area contributed by atoms with Gasteiger partial charge in [-0.05, 0) is 25.3 Å². The second kappa shape index (κ2) is 8.15. The van der Waals surface area contributed by atoms with Gasteiger partial charge in [-0.3, -0.25) is 0 Å². The third kappa shape index (κ3) is 4.54. The number of alkyl halides is 6. The molecule has 0 radical (unpaired) electrons. The molecule has 0 saturated heterocycles. The molecule has 4 bridgehead atoms. The van der Waals surface area contributed by atoms with E-state index in [1.165, 1.54) is 0 Å². The number of nitrogens with zero attached hydrogens (tertiary/aromatic N) is 3. The molecule has 5 N–H and O–H groups in total. The lowest BCUT2D eigenvalue weighted by molar-refractivity contribution is -0.277. The minimum atomic E-state index is -5.15. The maximum Gasteiger partial charge on any atom is 0.426 e. The smallest absolute Gasteiger partial charge is 0.416 e. The van der Waals surface area contributed by atoms with E-state index >= 15 is 0 Å². The standard InChI is InChI=1S/C17H19F6N5O3/c18-16(19,20)9-6-10(24)11-13-27-28-14(31-13)15(30,17(21,22)23)5-3-1-2-4-8(7-29)25-12(9)26-11/h6,8,29-30H,1-5,7,24H2,(H,25,26). The van der Waals surface area contributed by atoms with Crippen LogP contribution >= 0.6 is 0 Å². The SMILES string of the molecule is Nc1cc(C(F)(F)F)c2nc1-c1nnc(o1)C(O)(C(F)(F)F)CCCCCC(CO)N2. The fourth-order valence-corrected chi connectivity index (χ4v) is 3.23. The minimum Gasteiger partial charge on any atom is -0.416 e. The van der Waals surface area contributed by atoms with Crippen LogP contribution in [0, 0.1) is 0 Å². The van der Waals surface area contributed by atoms with Crippen molar-refractivity contribution in [2.45, 2.75) is 56.1 Å². The average molecular weight is 455 g/mol. The Kier molecular flexibility index (Phi) is 6.06. The van der Waals surface area contributed by atoms with Gasteiger partial charge >= 0.3 is 12.4 Å². The van der Waals surface area contributed by atoms with Crippen molar-refractivity contribution in [3.8, 4) is 11.6 Å². The van der Waals surface area contributed by atoms with Crippen molar-refractivity contribution in [2.75, 3.05) is 17.7 Å². The molecule has 0 spiro atoms. The quantitative estimate of drug-likeness (QED) is 0.483. The molecule has 3 heterocycles. The highest BCUT2D eigenvalue weighted by atomic mass is 19.4. The lowest BCUT2D eigenvalue weighted by atomic mass is 9.94. The Bertz CT molecular complexity index is 932. The van der Waals surface area contributed by atoms with Crippen LogP contribution in [0.3, 0.4) is 0 Å². The van der Waals surface area contributed by atoms with E-state index in [9.17, 15) is 36.6 Å². The van der Waals surface area contributed by atoms with Gasteiger partial charge in [-0.2, -0.15) is 26.3 Å². The molecule has 0 aliphatic carbocycles. The number of rotatable bonds is 1. The number of pyridine rings is 1. The van der Waals surface area contributed by atoms with Gasteiger partial charge in [-0.1, -0.05) is 12.8 Å². The summed E-state index contributed by atoms with van der Waals surface area (Å²) in [4.78, 5) is 3.75. The molecule has 2 atom stereocenters. The monoisotopic (exact) mass is 455 g/mol. The van der Waals surface area contributed by atoms with E-state index in [0.717, 1.165) is 0 Å². The summed E-state index contributed by atoms with van der Waals surface area (Å²) in [5.41, 5.74) is -0.104. The Hall–Kier alpha value is -2.61. The molecule has 1 aliphatic rings. The first-order chi connectivity index (χ1) is 14.4. The summed E-state index contributed by atoms with van der Waals surface area (Å²) in [5.74, 6) is -2.54. The van der Waals surface area contributed by atoms with E-state index in [2.05, 4.69) is 20.5 Å². The summed E-state index contributed by atoms with van der Waals surface area (Å²) in [6.07, 6.45) is -10.2. The summed E-state index contributed by atoms with van der Waals surface area (Å²) in [5, 5.41) is 29.0. The number of fused-ring (bicyclic) bond motifs is 5. The topological polar surface area (TPSA) is 130 Å². The Balaban J connectivity index is 2.18. The summed E-state index contributed by atoms with van der Waals surface area (Å²) < 4.78 is 86.1. The largest absolute Gasteiger partial charge is 0.426 e. The predicted molar refractivity (Wildman–Crippen MR) is 94.5 cm³/mol. The second-order valence-electron chi connectivity index (χ2n) is 7.21. The molecule has 172 valence electrons. The number of halogens is 6. The minimum absolute atomic E-state index is 0.0919. The molecule has 2 aromatic heterocycles. The van der Waals surface area contributed by atoms with Crippen LogP contribution in [0.25, 0.3) is 11.6 Å². The number of nitrogens with two attached hydrogens (primary N) is 1. The zero-order valence-corrected chi connectivity index (χ0v) is 15.9. The summed E-state index contributed by atoms with van der Waals surface area (Å²) >= 11 is 0. The van der Waals surface area contributed by atoms with E-state index in [1.54, 1.807) is 0 Å². The molecular weight excluding hydrogens is 436 g/mol. The molecule has 31 heavy (non-hydrogen) atoms. The molecule has 2 unspecified atom stereocenters. The Morgan fingerprint density at radius 1 is 1.16 bits per heavy atom. The number of aromatic nitrogens is 3. The molecule has 0 saturated carbocycles. The van der Waals surface area contributed by atoms with Crippen LogP contribution in [0.15, 0.2) is 10.5 Å². The maximum atomic E-state index is 13.6. The van der Waals surface area contributed by atoms with Crippen molar-refractivity contribution >= 4 is 11.5 Å². The van der Waals surface area contributed by atoms with Crippen LogP contribution in [0.2, 0.25) is 0 Å². The van der Waals surface area contributed by atoms with Gasteiger partial charge in [0.25, 0.3) is 11.8 Å². The van der Waals surface area contributed by atoms with Gasteiger partial charge in [0.1, 0.15) is 5.82 Å². The normalized spacial score (nSPS) is 23.2. The third-order valence-electron chi connectivity index (χ3n) is 4.96. The van der Waals surface area contributed by atoms with E-state index in [1.807, 2.05) is 0 Å². The average Bonchev–Trinajstić information content (AvgIpc) is 3.15. The number of aliphatic hydroxyl groups excluding tert-OH is 1. The van der Waals surface area contributed by atoms with Crippen molar-refractivity contribution in [2.24, 2.45) is 0 Å². The summed E-state index contributed by atoms with van der Waals surface area (Å²) in [6, 6.07) is -0.321. The lowest BCUT2D eigenvalue weighted by Gasteiger charge is -2.27. The molecule has 8 nitrogen and oxygen atoms in total. The van der Waals surface area contributed by atoms with Gasteiger partial charge in [-0.25, -0.2) is 4.98 Å². The Labute approximate surface area is 171 Å². The molecule has 14 heteroatoms. The number of hydrogen-bond acceptors (Lipinski definition) is 8. The number of aliphatic hydroxyl groups is 2. The van der Waals surface area contributed by atoms with Gasteiger partial charge < -0.3 is 25.7 Å². The van der Waals surface area contributed by atoms with Crippen LogP contribution in [0.5, 0.6) is 0 Å². The first-order valence-electron chi connectivity index (χ1n) is 9.25. The predicted octanol–water partition coefficient (Wildman–Crippen LogP) is 3.22. The number of hydrogen-bond donors (Lipinski definition) is 4. The van der Waals surface area contributed by atoms with Gasteiger partial charge in [0, 0.05) is 0 Å². The second-order valence-corrected chi connectivity index (χ2v) is 7.21. The fraction of sp³-hybridized carbons (Fsp3) is 0.588.